The van der Waals surface area contributed by atoms with E-state index >= 15 is 0 Å². The fraction of sp³-hybridized carbons (Fsp3) is 0.500. The number of azo groups is 1. The molecule has 1 N–H and O–H groups in total. The second-order valence-electron chi connectivity index (χ2n) is 11.2. The Hall–Kier alpha value is -1.68. The molecule has 0 radical (unpaired) electrons. The molecule has 0 unspecified atom stereocenters. The zero-order chi connectivity index (χ0) is 27.2. The summed E-state index contributed by atoms with van der Waals surface area (Å²) in [6.45, 7) is 15.4. The van der Waals surface area contributed by atoms with Crippen molar-refractivity contribution in [2.24, 2.45) is 10.2 Å². The maximum atomic E-state index is 12.8. The molecule has 2 rings (SSSR count). The van der Waals surface area contributed by atoms with Crippen LogP contribution in [0.15, 0.2) is 63.7 Å². The van der Waals surface area contributed by atoms with Crippen LogP contribution in [0.1, 0.15) is 6.42 Å². The Morgan fingerprint density at radius 2 is 1.22 bits per heavy atom. The zero-order valence-electron chi connectivity index (χ0n) is 23.1. The summed E-state index contributed by atoms with van der Waals surface area (Å²) in [6.07, 6.45) is 0.663. The second-order valence-corrected chi connectivity index (χ2v) is 25.8. The van der Waals surface area contributed by atoms with Gasteiger partial charge in [0.25, 0.3) is 0 Å². The predicted octanol–water partition coefficient (Wildman–Crippen LogP) is 6.61. The molecule has 36 heavy (non-hydrogen) atoms. The van der Waals surface area contributed by atoms with Crippen LogP contribution in [-0.2, 0) is 18.3 Å². The lowest BCUT2D eigenvalue weighted by atomic mass is 10.3. The quantitative estimate of drug-likeness (QED) is 0.167. The van der Waals surface area contributed by atoms with Crippen molar-refractivity contribution in [2.75, 3.05) is 25.5 Å². The van der Waals surface area contributed by atoms with E-state index in [1.165, 1.54) is 0 Å². The summed E-state index contributed by atoms with van der Waals surface area (Å²) >= 11 is 0. The third-order valence-corrected chi connectivity index (χ3v) is 16.0. The van der Waals surface area contributed by atoms with Crippen LogP contribution in [0, 0.1) is 0 Å². The van der Waals surface area contributed by atoms with Gasteiger partial charge in [0.05, 0.1) is 16.3 Å². The van der Waals surface area contributed by atoms with Crippen LogP contribution >= 0.6 is 0 Å². The summed E-state index contributed by atoms with van der Waals surface area (Å²) in [5, 5.41) is 8.44. The second kappa shape index (κ2) is 12.2. The van der Waals surface area contributed by atoms with Crippen LogP contribution < -0.4 is 9.62 Å². The van der Waals surface area contributed by atoms with Crippen LogP contribution in [0.2, 0.25) is 51.9 Å². The summed E-state index contributed by atoms with van der Waals surface area (Å²) in [7, 11) is -5.61. The lowest BCUT2D eigenvalue weighted by Crippen LogP contribution is -2.52. The summed E-state index contributed by atoms with van der Waals surface area (Å²) < 4.78 is 41.3. The minimum atomic E-state index is -3.62. The summed E-state index contributed by atoms with van der Waals surface area (Å²) in [6, 6.07) is 14.9. The molecule has 0 aliphatic rings. The average molecular weight is 567 g/mol. The molecule has 0 heterocycles. The first-order chi connectivity index (χ1) is 16.5. The van der Waals surface area contributed by atoms with Gasteiger partial charge >= 0.3 is 8.56 Å². The minimum Gasteiger partial charge on any atom is -0.437 e. The predicted molar refractivity (Wildman–Crippen MR) is 156 cm³/mol. The number of sulfonamides is 1. The van der Waals surface area contributed by atoms with E-state index in [0.29, 0.717) is 18.7 Å². The molecule has 8 nitrogen and oxygen atoms in total. The van der Waals surface area contributed by atoms with E-state index in [-0.39, 0.29) is 4.90 Å². The Labute approximate surface area is 220 Å². The highest BCUT2D eigenvalue weighted by Gasteiger charge is 2.39. The highest BCUT2D eigenvalue weighted by Crippen LogP contribution is 2.26. The SMILES string of the molecule is CN(C)c1ccc(N=Nc2ccc(S(=O)(=O)NCCC[Si](C)(O[Si](C)(C)C)O[Si](C)(C)C)cc2)cc1. The van der Waals surface area contributed by atoms with Gasteiger partial charge in [-0.1, -0.05) is 0 Å². The smallest absolute Gasteiger partial charge is 0.314 e. The van der Waals surface area contributed by atoms with Crippen molar-refractivity contribution in [1.82, 2.24) is 4.72 Å². The van der Waals surface area contributed by atoms with E-state index in [9.17, 15) is 8.42 Å². The molecule has 2 aromatic rings. The molecule has 0 aliphatic heterocycles. The molecular formula is C24H42N4O4SSi3. The summed E-state index contributed by atoms with van der Waals surface area (Å²) in [5.41, 5.74) is 2.39. The van der Waals surface area contributed by atoms with Gasteiger partial charge in [0.2, 0.25) is 10.0 Å². The average Bonchev–Trinajstić information content (AvgIpc) is 2.73. The van der Waals surface area contributed by atoms with Crippen LogP contribution in [0.25, 0.3) is 0 Å². The Bertz CT molecular complexity index is 1100. The Morgan fingerprint density at radius 3 is 1.64 bits per heavy atom. The number of nitrogens with one attached hydrogen (secondary N) is 1. The van der Waals surface area contributed by atoms with Crippen LogP contribution in [0.3, 0.4) is 0 Å². The van der Waals surface area contributed by atoms with E-state index in [0.717, 1.165) is 17.4 Å². The van der Waals surface area contributed by atoms with Crippen LogP contribution in [0.5, 0.6) is 0 Å². The lowest BCUT2D eigenvalue weighted by Gasteiger charge is -2.38. The van der Waals surface area contributed by atoms with Gasteiger partial charge < -0.3 is 13.1 Å². The Balaban J connectivity index is 1.96. The van der Waals surface area contributed by atoms with Crippen molar-refractivity contribution in [3.8, 4) is 0 Å². The topological polar surface area (TPSA) is 92.6 Å². The molecule has 0 saturated heterocycles. The van der Waals surface area contributed by atoms with Crippen LogP contribution in [0.4, 0.5) is 17.1 Å². The molecule has 0 bridgehead atoms. The monoisotopic (exact) mass is 566 g/mol. The van der Waals surface area contributed by atoms with E-state index < -0.39 is 35.2 Å². The van der Waals surface area contributed by atoms with Gasteiger partial charge in [-0.15, -0.1) is 0 Å². The molecule has 0 aliphatic carbocycles. The largest absolute Gasteiger partial charge is 0.437 e. The molecule has 0 atom stereocenters. The minimum absolute atomic E-state index is 0.202. The molecule has 0 aromatic heterocycles. The first-order valence-corrected chi connectivity index (χ1v) is 23.0. The van der Waals surface area contributed by atoms with Crippen molar-refractivity contribution in [3.05, 3.63) is 48.5 Å². The summed E-state index contributed by atoms with van der Waals surface area (Å²) in [4.78, 5) is 2.21. The normalized spacial score (nSPS) is 13.4. The third-order valence-electron chi connectivity index (χ3n) is 4.94. The molecule has 0 amide bonds. The molecule has 2 aromatic carbocycles. The fourth-order valence-corrected chi connectivity index (χ4v) is 17.4. The number of hydrogen-bond donors (Lipinski definition) is 1. The first kappa shape index (κ1) is 30.5. The van der Waals surface area contributed by atoms with Gasteiger partial charge in [-0.3, -0.25) is 0 Å². The molecule has 0 spiro atoms. The van der Waals surface area contributed by atoms with Crippen molar-refractivity contribution in [1.29, 1.82) is 0 Å². The van der Waals surface area contributed by atoms with Gasteiger partial charge in [0.15, 0.2) is 16.6 Å². The van der Waals surface area contributed by atoms with Gasteiger partial charge in [0, 0.05) is 26.3 Å². The molecule has 0 saturated carbocycles. The van der Waals surface area contributed by atoms with Crippen molar-refractivity contribution < 1.29 is 16.6 Å². The zero-order valence-corrected chi connectivity index (χ0v) is 26.9. The van der Waals surface area contributed by atoms with E-state index in [4.69, 9.17) is 8.23 Å². The van der Waals surface area contributed by atoms with Crippen molar-refractivity contribution in [3.63, 3.8) is 0 Å². The van der Waals surface area contributed by atoms with Gasteiger partial charge in [-0.2, -0.15) is 10.2 Å². The standard InChI is InChI=1S/C24H42N4O4SSi3/c1-28(2)23-15-11-21(12-16-23)26-27-22-13-17-24(18-14-22)33(29,30)25-19-10-20-36(9,31-34(3,4)5)32-35(6,7)8/h11-18,25H,10,19-20H2,1-9H3. The molecular weight excluding hydrogens is 525 g/mol. The van der Waals surface area contributed by atoms with E-state index in [1.807, 2.05) is 43.3 Å². The third kappa shape index (κ3) is 10.7. The van der Waals surface area contributed by atoms with E-state index in [2.05, 4.69) is 60.8 Å². The highest BCUT2D eigenvalue weighted by atomic mass is 32.2. The highest BCUT2D eigenvalue weighted by molar-refractivity contribution is 7.89. The number of hydrogen-bond acceptors (Lipinski definition) is 7. The summed E-state index contributed by atoms with van der Waals surface area (Å²) in [5.74, 6) is 0. The van der Waals surface area contributed by atoms with Gasteiger partial charge in [-0.25, -0.2) is 13.1 Å². The Kier molecular flexibility index (Phi) is 10.4. The molecule has 0 fully saturated rings. The Morgan fingerprint density at radius 1 is 0.778 bits per heavy atom. The number of rotatable bonds is 13. The molecule has 200 valence electrons. The van der Waals surface area contributed by atoms with Crippen LogP contribution in [-0.4, -0.2) is 54.3 Å². The maximum Gasteiger partial charge on any atom is 0.314 e. The maximum absolute atomic E-state index is 12.8. The van der Waals surface area contributed by atoms with Crippen molar-refractivity contribution in [2.45, 2.75) is 63.2 Å². The molecule has 12 heteroatoms. The first-order valence-electron chi connectivity index (χ1n) is 12.2. The van der Waals surface area contributed by atoms with E-state index in [1.54, 1.807) is 24.3 Å². The lowest BCUT2D eigenvalue weighted by molar-refractivity contribution is 0.381. The van der Waals surface area contributed by atoms with Crippen molar-refractivity contribution >= 4 is 52.3 Å². The van der Waals surface area contributed by atoms with Gasteiger partial charge in [0.1, 0.15) is 0 Å². The fourth-order valence-electron chi connectivity index (χ4n) is 3.74. The number of anilines is 1. The number of benzene rings is 2. The van der Waals surface area contributed by atoms with Gasteiger partial charge in [-0.05, 0) is 107 Å². The number of nitrogens with zero attached hydrogens (tertiary/aromatic N) is 3.